The van der Waals surface area contributed by atoms with Crippen LogP contribution in [-0.2, 0) is 6.54 Å². The van der Waals surface area contributed by atoms with Gasteiger partial charge in [0.25, 0.3) is 0 Å². The van der Waals surface area contributed by atoms with Crippen LogP contribution in [0.1, 0.15) is 37.8 Å². The van der Waals surface area contributed by atoms with Crippen LogP contribution in [0.4, 0.5) is 10.5 Å². The number of fused-ring (bicyclic) bond motifs is 1. The summed E-state index contributed by atoms with van der Waals surface area (Å²) in [5, 5.41) is 7.33. The summed E-state index contributed by atoms with van der Waals surface area (Å²) in [7, 11) is 0. The number of hydrogen-bond acceptors (Lipinski definition) is 3. The Kier molecular flexibility index (Phi) is 4.19. The van der Waals surface area contributed by atoms with E-state index >= 15 is 0 Å². The first-order chi connectivity index (χ1) is 11.8. The zero-order valence-corrected chi connectivity index (χ0v) is 13.8. The van der Waals surface area contributed by atoms with Crippen LogP contribution in [0.2, 0.25) is 0 Å². The van der Waals surface area contributed by atoms with Crippen LogP contribution in [0.5, 0.6) is 0 Å². The van der Waals surface area contributed by atoms with Crippen LogP contribution in [0.15, 0.2) is 36.8 Å². The van der Waals surface area contributed by atoms with Gasteiger partial charge in [-0.15, -0.1) is 0 Å². The highest BCUT2D eigenvalue weighted by atomic mass is 16.2. The summed E-state index contributed by atoms with van der Waals surface area (Å²) in [4.78, 5) is 19.0. The molecular weight excluding hydrogens is 302 g/mol. The number of anilines is 1. The summed E-state index contributed by atoms with van der Waals surface area (Å²) in [6.07, 6.45) is 11.4. The van der Waals surface area contributed by atoms with E-state index in [-0.39, 0.29) is 6.03 Å². The van der Waals surface area contributed by atoms with Crippen molar-refractivity contribution in [1.29, 1.82) is 0 Å². The number of nitrogens with zero attached hydrogens (tertiary/aromatic N) is 4. The van der Waals surface area contributed by atoms with Crippen LogP contribution >= 0.6 is 0 Å². The summed E-state index contributed by atoms with van der Waals surface area (Å²) < 4.78 is 1.80. The number of pyridine rings is 1. The Morgan fingerprint density at radius 1 is 1.25 bits per heavy atom. The van der Waals surface area contributed by atoms with Gasteiger partial charge in [-0.3, -0.25) is 9.67 Å². The number of likely N-dealkylation sites (tertiary alicyclic amines) is 1. The maximum Gasteiger partial charge on any atom is 0.322 e. The molecule has 1 N–H and O–H groups in total. The van der Waals surface area contributed by atoms with Crippen LogP contribution in [-0.4, -0.2) is 38.3 Å². The third-order valence-electron chi connectivity index (χ3n) is 5.19. The molecule has 1 aliphatic carbocycles. The molecule has 0 spiro atoms. The van der Waals surface area contributed by atoms with E-state index in [0.717, 1.165) is 30.8 Å². The number of nitrogens with one attached hydrogen (secondary N) is 1. The standard InChI is InChI=1S/C18H23N5O/c24-18(23-10-4-6-14-5-3-8-17(14)23)21-16-11-20-22(13-16)12-15-7-1-2-9-19-15/h1-2,7,9,11,13-14,17H,3-6,8,10,12H2,(H,21,24)/t14-,17+/m1/s1. The lowest BCUT2D eigenvalue weighted by Crippen LogP contribution is -2.48. The monoisotopic (exact) mass is 325 g/mol. The number of urea groups is 1. The fraction of sp³-hybridized carbons (Fsp3) is 0.500. The summed E-state index contributed by atoms with van der Waals surface area (Å²) in [5.74, 6) is 0.705. The molecule has 6 heteroatoms. The van der Waals surface area contributed by atoms with E-state index in [0.29, 0.717) is 18.5 Å². The van der Waals surface area contributed by atoms with E-state index in [1.165, 1.54) is 19.3 Å². The van der Waals surface area contributed by atoms with Gasteiger partial charge >= 0.3 is 6.03 Å². The van der Waals surface area contributed by atoms with Gasteiger partial charge in [-0.05, 0) is 43.7 Å². The summed E-state index contributed by atoms with van der Waals surface area (Å²) in [5.41, 5.74) is 1.69. The van der Waals surface area contributed by atoms with E-state index in [1.54, 1.807) is 17.1 Å². The average molecular weight is 325 g/mol. The smallest absolute Gasteiger partial charge is 0.321 e. The van der Waals surface area contributed by atoms with Crippen molar-refractivity contribution in [3.05, 3.63) is 42.5 Å². The molecule has 0 radical (unpaired) electrons. The van der Waals surface area contributed by atoms with Crippen LogP contribution in [0.3, 0.4) is 0 Å². The molecule has 24 heavy (non-hydrogen) atoms. The van der Waals surface area contributed by atoms with Crippen molar-refractivity contribution < 1.29 is 4.79 Å². The Morgan fingerprint density at radius 3 is 3.04 bits per heavy atom. The van der Waals surface area contributed by atoms with Crippen molar-refractivity contribution in [3.63, 3.8) is 0 Å². The van der Waals surface area contributed by atoms with Gasteiger partial charge in [-0.1, -0.05) is 12.5 Å². The fourth-order valence-electron chi connectivity index (χ4n) is 4.07. The zero-order valence-electron chi connectivity index (χ0n) is 13.8. The first kappa shape index (κ1) is 15.2. The number of carbonyl (C=O) groups excluding carboxylic acids is 1. The second-order valence-electron chi connectivity index (χ2n) is 6.77. The van der Waals surface area contributed by atoms with E-state index in [1.807, 2.05) is 29.3 Å². The van der Waals surface area contributed by atoms with Gasteiger partial charge in [0.2, 0.25) is 0 Å². The van der Waals surface area contributed by atoms with E-state index in [4.69, 9.17) is 0 Å². The molecule has 6 nitrogen and oxygen atoms in total. The van der Waals surface area contributed by atoms with Crippen molar-refractivity contribution in [3.8, 4) is 0 Å². The van der Waals surface area contributed by atoms with Crippen LogP contribution in [0.25, 0.3) is 0 Å². The maximum atomic E-state index is 12.6. The Bertz CT molecular complexity index is 698. The molecule has 4 rings (SSSR count). The van der Waals surface area contributed by atoms with Gasteiger partial charge in [0.05, 0.1) is 24.1 Å². The Labute approximate surface area is 141 Å². The lowest BCUT2D eigenvalue weighted by atomic mass is 9.92. The van der Waals surface area contributed by atoms with E-state index < -0.39 is 0 Å². The second-order valence-corrected chi connectivity index (χ2v) is 6.77. The van der Waals surface area contributed by atoms with Crippen molar-refractivity contribution in [2.45, 2.75) is 44.7 Å². The third kappa shape index (κ3) is 3.13. The number of rotatable bonds is 3. The minimum atomic E-state index is 0.0176. The quantitative estimate of drug-likeness (QED) is 0.943. The molecule has 1 saturated carbocycles. The topological polar surface area (TPSA) is 63.1 Å². The Balaban J connectivity index is 1.39. The summed E-state index contributed by atoms with van der Waals surface area (Å²) in [6.45, 7) is 1.47. The first-order valence-corrected chi connectivity index (χ1v) is 8.79. The molecule has 2 aromatic heterocycles. The highest BCUT2D eigenvalue weighted by molar-refractivity contribution is 5.89. The lowest BCUT2D eigenvalue weighted by Gasteiger charge is -2.37. The average Bonchev–Trinajstić information content (AvgIpc) is 3.24. The molecule has 0 unspecified atom stereocenters. The van der Waals surface area contributed by atoms with E-state index in [9.17, 15) is 4.79 Å². The predicted molar refractivity (Wildman–Crippen MR) is 91.7 cm³/mol. The first-order valence-electron chi connectivity index (χ1n) is 8.79. The molecule has 2 amide bonds. The normalized spacial score (nSPS) is 23.1. The molecular formula is C18H23N5O. The molecule has 2 aromatic rings. The predicted octanol–water partition coefficient (Wildman–Crippen LogP) is 3.12. The molecule has 0 bridgehead atoms. The number of piperidine rings is 1. The van der Waals surface area contributed by atoms with Gasteiger partial charge < -0.3 is 10.2 Å². The van der Waals surface area contributed by atoms with Gasteiger partial charge in [0, 0.05) is 25.0 Å². The minimum Gasteiger partial charge on any atom is -0.321 e. The van der Waals surface area contributed by atoms with Crippen LogP contribution < -0.4 is 5.32 Å². The number of hydrogen-bond donors (Lipinski definition) is 1. The van der Waals surface area contributed by atoms with Gasteiger partial charge in [-0.2, -0.15) is 5.10 Å². The van der Waals surface area contributed by atoms with Gasteiger partial charge in [0.15, 0.2) is 0 Å². The maximum absolute atomic E-state index is 12.6. The third-order valence-corrected chi connectivity index (χ3v) is 5.19. The molecule has 1 aliphatic heterocycles. The van der Waals surface area contributed by atoms with Gasteiger partial charge in [-0.25, -0.2) is 4.79 Å². The van der Waals surface area contributed by atoms with Crippen molar-refractivity contribution in [2.75, 3.05) is 11.9 Å². The highest BCUT2D eigenvalue weighted by Crippen LogP contribution is 2.36. The molecule has 2 atom stereocenters. The Hall–Kier alpha value is -2.37. The zero-order chi connectivity index (χ0) is 16.4. The largest absolute Gasteiger partial charge is 0.322 e. The minimum absolute atomic E-state index is 0.0176. The number of amides is 2. The fourth-order valence-corrected chi connectivity index (χ4v) is 4.07. The molecule has 126 valence electrons. The number of aromatic nitrogens is 3. The summed E-state index contributed by atoms with van der Waals surface area (Å²) >= 11 is 0. The second kappa shape index (κ2) is 6.63. The summed E-state index contributed by atoms with van der Waals surface area (Å²) in [6, 6.07) is 6.27. The molecule has 1 saturated heterocycles. The number of carbonyl (C=O) groups is 1. The Morgan fingerprint density at radius 2 is 2.17 bits per heavy atom. The molecule has 2 fully saturated rings. The van der Waals surface area contributed by atoms with Crippen LogP contribution in [0, 0.1) is 5.92 Å². The molecule has 2 aliphatic rings. The SMILES string of the molecule is O=C(Nc1cnn(Cc2ccccn2)c1)N1CCC[C@H]2CCC[C@@H]21. The molecule has 3 heterocycles. The van der Waals surface area contributed by atoms with Crippen molar-refractivity contribution >= 4 is 11.7 Å². The van der Waals surface area contributed by atoms with Crippen molar-refractivity contribution in [1.82, 2.24) is 19.7 Å². The molecule has 0 aromatic carbocycles. The van der Waals surface area contributed by atoms with Gasteiger partial charge in [0.1, 0.15) is 0 Å². The van der Waals surface area contributed by atoms with E-state index in [2.05, 4.69) is 15.4 Å². The highest BCUT2D eigenvalue weighted by Gasteiger charge is 2.37. The lowest BCUT2D eigenvalue weighted by molar-refractivity contribution is 0.138. The van der Waals surface area contributed by atoms with Crippen molar-refractivity contribution in [2.24, 2.45) is 5.92 Å².